The van der Waals surface area contributed by atoms with Crippen LogP contribution >= 0.6 is 11.3 Å². The third-order valence-corrected chi connectivity index (χ3v) is 7.17. The second kappa shape index (κ2) is 8.40. The van der Waals surface area contributed by atoms with Gasteiger partial charge in [-0.1, -0.05) is 41.5 Å². The van der Waals surface area contributed by atoms with E-state index in [0.717, 1.165) is 58.6 Å². The number of likely N-dealkylation sites (tertiary alicyclic amines) is 1. The van der Waals surface area contributed by atoms with Gasteiger partial charge in [-0.25, -0.2) is 4.98 Å². The van der Waals surface area contributed by atoms with Gasteiger partial charge < -0.3 is 5.32 Å². The Labute approximate surface area is 186 Å². The van der Waals surface area contributed by atoms with Gasteiger partial charge in [0, 0.05) is 30.4 Å². The van der Waals surface area contributed by atoms with Gasteiger partial charge in [0.2, 0.25) is 0 Å². The van der Waals surface area contributed by atoms with Crippen LogP contribution in [-0.2, 0) is 6.54 Å². The Balaban J connectivity index is 1.20. The highest BCUT2D eigenvalue weighted by Crippen LogP contribution is 2.28. The third-order valence-electron chi connectivity index (χ3n) is 6.13. The Kier molecular flexibility index (Phi) is 5.47. The van der Waals surface area contributed by atoms with Gasteiger partial charge in [0.05, 0.1) is 10.4 Å². The quantitative estimate of drug-likeness (QED) is 0.467. The lowest BCUT2D eigenvalue weighted by Gasteiger charge is -2.16. The fourth-order valence-electron chi connectivity index (χ4n) is 4.37. The molecule has 0 radical (unpaired) electrons. The van der Waals surface area contributed by atoms with Crippen molar-refractivity contribution in [1.29, 1.82) is 0 Å². The molecule has 5 rings (SSSR count). The molecule has 1 atom stereocenters. The number of amides is 1. The molecule has 0 bridgehead atoms. The van der Waals surface area contributed by atoms with Gasteiger partial charge in [-0.15, -0.1) is 11.3 Å². The average molecular weight is 430 g/mol. The number of aryl methyl sites for hydroxylation is 2. The molecule has 31 heavy (non-hydrogen) atoms. The lowest BCUT2D eigenvalue weighted by Crippen LogP contribution is -2.30. The number of nitrogens with one attached hydrogen (secondary N) is 1. The van der Waals surface area contributed by atoms with Gasteiger partial charge in [0.25, 0.3) is 5.91 Å². The van der Waals surface area contributed by atoms with Crippen molar-refractivity contribution >= 4 is 38.4 Å². The van der Waals surface area contributed by atoms with Gasteiger partial charge in [-0.3, -0.25) is 9.69 Å². The molecule has 0 aliphatic carbocycles. The van der Waals surface area contributed by atoms with Crippen molar-refractivity contribution in [2.75, 3.05) is 19.6 Å². The van der Waals surface area contributed by atoms with Crippen LogP contribution in [0.3, 0.4) is 0 Å². The van der Waals surface area contributed by atoms with E-state index in [1.807, 2.05) is 12.1 Å². The number of benzene rings is 2. The fourth-order valence-corrected chi connectivity index (χ4v) is 5.30. The lowest BCUT2D eigenvalue weighted by atomic mass is 10.1. The Morgan fingerprint density at radius 2 is 1.87 bits per heavy atom. The summed E-state index contributed by atoms with van der Waals surface area (Å²) in [6, 6.07) is 19.1. The first-order valence-electron chi connectivity index (χ1n) is 10.9. The molecule has 1 aliphatic heterocycles. The first-order chi connectivity index (χ1) is 15.0. The molecule has 2 aromatic carbocycles. The van der Waals surface area contributed by atoms with Gasteiger partial charge in [0.15, 0.2) is 0 Å². The average Bonchev–Trinajstić information content (AvgIpc) is 3.38. The normalized spacial score (nSPS) is 16.9. The van der Waals surface area contributed by atoms with Crippen molar-refractivity contribution in [3.63, 3.8) is 0 Å². The van der Waals surface area contributed by atoms with Crippen LogP contribution in [0.2, 0.25) is 0 Å². The summed E-state index contributed by atoms with van der Waals surface area (Å²) < 4.78 is 0. The molecule has 5 heteroatoms. The van der Waals surface area contributed by atoms with Crippen molar-refractivity contribution in [3.8, 4) is 0 Å². The molecule has 1 fully saturated rings. The van der Waals surface area contributed by atoms with Crippen LogP contribution in [-0.4, -0.2) is 35.4 Å². The highest BCUT2D eigenvalue weighted by Gasteiger charge is 2.23. The van der Waals surface area contributed by atoms with Gasteiger partial charge in [-0.05, 0) is 62.6 Å². The first kappa shape index (κ1) is 20.2. The van der Waals surface area contributed by atoms with Gasteiger partial charge >= 0.3 is 0 Å². The zero-order chi connectivity index (χ0) is 21.4. The van der Waals surface area contributed by atoms with Crippen molar-refractivity contribution in [1.82, 2.24) is 15.2 Å². The van der Waals surface area contributed by atoms with E-state index in [9.17, 15) is 4.79 Å². The zero-order valence-corrected chi connectivity index (χ0v) is 18.8. The molecule has 2 aromatic heterocycles. The molecule has 3 heterocycles. The van der Waals surface area contributed by atoms with E-state index >= 15 is 0 Å². The minimum absolute atomic E-state index is 0.0141. The number of hydrogen-bond acceptors (Lipinski definition) is 4. The Morgan fingerprint density at radius 3 is 2.71 bits per heavy atom. The second-order valence-electron chi connectivity index (χ2n) is 8.77. The maximum atomic E-state index is 12.8. The number of fused-ring (bicyclic) bond motifs is 2. The largest absolute Gasteiger partial charge is 0.351 e. The number of pyridine rings is 1. The highest BCUT2D eigenvalue weighted by atomic mass is 32.1. The van der Waals surface area contributed by atoms with Crippen LogP contribution in [0.15, 0.2) is 54.6 Å². The number of thiophene rings is 1. The Morgan fingerprint density at radius 1 is 1.06 bits per heavy atom. The molecule has 1 N–H and O–H groups in total. The van der Waals surface area contributed by atoms with Crippen molar-refractivity contribution in [3.05, 3.63) is 76.2 Å². The summed E-state index contributed by atoms with van der Waals surface area (Å²) in [7, 11) is 0. The molecule has 0 spiro atoms. The van der Waals surface area contributed by atoms with E-state index in [-0.39, 0.29) is 5.91 Å². The molecule has 1 saturated heterocycles. The van der Waals surface area contributed by atoms with E-state index in [1.54, 1.807) is 0 Å². The molecular weight excluding hydrogens is 402 g/mol. The van der Waals surface area contributed by atoms with Crippen molar-refractivity contribution < 1.29 is 4.79 Å². The highest BCUT2D eigenvalue weighted by molar-refractivity contribution is 7.20. The van der Waals surface area contributed by atoms with E-state index < -0.39 is 0 Å². The molecule has 0 unspecified atom stereocenters. The number of rotatable bonds is 5. The van der Waals surface area contributed by atoms with E-state index in [2.05, 4.69) is 66.5 Å². The molecule has 4 nitrogen and oxygen atoms in total. The van der Waals surface area contributed by atoms with Crippen LogP contribution < -0.4 is 5.32 Å². The summed E-state index contributed by atoms with van der Waals surface area (Å²) in [6.45, 7) is 8.04. The third kappa shape index (κ3) is 4.48. The molecule has 158 valence electrons. The van der Waals surface area contributed by atoms with E-state index in [4.69, 9.17) is 4.98 Å². The predicted octanol–water partition coefficient (Wildman–Crippen LogP) is 5.32. The summed E-state index contributed by atoms with van der Waals surface area (Å²) >= 11 is 1.48. The number of carbonyl (C=O) groups is 1. The fraction of sp³-hybridized carbons (Fsp3) is 0.308. The Hall–Kier alpha value is -2.76. The second-order valence-corrected chi connectivity index (χ2v) is 9.81. The Bertz CT molecular complexity index is 1240. The van der Waals surface area contributed by atoms with Crippen molar-refractivity contribution in [2.45, 2.75) is 26.8 Å². The lowest BCUT2D eigenvalue weighted by molar-refractivity contribution is 0.0951. The van der Waals surface area contributed by atoms with E-state index in [1.165, 1.54) is 28.0 Å². The summed E-state index contributed by atoms with van der Waals surface area (Å²) in [5.41, 5.74) is 4.85. The van der Waals surface area contributed by atoms with Crippen LogP contribution in [0.1, 0.15) is 32.8 Å². The topological polar surface area (TPSA) is 45.2 Å². The molecule has 1 aliphatic rings. The number of carbonyl (C=O) groups excluding carboxylic acids is 1. The van der Waals surface area contributed by atoms with Crippen molar-refractivity contribution in [2.24, 2.45) is 5.92 Å². The van der Waals surface area contributed by atoms with Crippen LogP contribution in [0.25, 0.3) is 21.1 Å². The first-order valence-corrected chi connectivity index (χ1v) is 11.7. The molecule has 1 amide bonds. The van der Waals surface area contributed by atoms with Gasteiger partial charge in [-0.2, -0.15) is 0 Å². The molecule has 4 aromatic rings. The zero-order valence-electron chi connectivity index (χ0n) is 18.0. The standard InChI is InChI=1S/C26H27N3OS/c1-17-3-6-19(7-4-17)15-29-10-9-20(16-29)14-27-25(30)24-13-22-12-21-11-18(2)5-8-23(21)28-26(22)31-24/h3-8,11-13,20H,9-10,14-16H2,1-2H3,(H,27,30)/t20-/m1/s1. The van der Waals surface area contributed by atoms with Crippen LogP contribution in [0.5, 0.6) is 0 Å². The minimum atomic E-state index is 0.0141. The summed E-state index contributed by atoms with van der Waals surface area (Å²) in [4.78, 5) is 21.7. The monoisotopic (exact) mass is 429 g/mol. The number of hydrogen-bond donors (Lipinski definition) is 1. The molecular formula is C26H27N3OS. The summed E-state index contributed by atoms with van der Waals surface area (Å²) in [5, 5.41) is 5.32. The van der Waals surface area contributed by atoms with E-state index in [0.29, 0.717) is 5.92 Å². The maximum Gasteiger partial charge on any atom is 0.261 e. The molecule has 0 saturated carbocycles. The summed E-state index contributed by atoms with van der Waals surface area (Å²) in [6.07, 6.45) is 1.13. The van der Waals surface area contributed by atoms with Gasteiger partial charge in [0.1, 0.15) is 4.83 Å². The number of aromatic nitrogens is 1. The van der Waals surface area contributed by atoms with Crippen LogP contribution in [0, 0.1) is 19.8 Å². The summed E-state index contributed by atoms with van der Waals surface area (Å²) in [5.74, 6) is 0.521. The SMILES string of the molecule is Cc1ccc(CN2CC[C@H](CNC(=O)c3cc4cc5cc(C)ccc5nc4s3)C2)cc1. The smallest absolute Gasteiger partial charge is 0.261 e. The maximum absolute atomic E-state index is 12.8. The van der Waals surface area contributed by atoms with Crippen LogP contribution in [0.4, 0.5) is 0 Å². The minimum Gasteiger partial charge on any atom is -0.351 e. The predicted molar refractivity (Wildman–Crippen MR) is 129 cm³/mol. The number of nitrogens with zero attached hydrogens (tertiary/aromatic N) is 2.